The Morgan fingerprint density at radius 2 is 2.00 bits per heavy atom. The van der Waals surface area contributed by atoms with Gasteiger partial charge in [-0.05, 0) is 37.1 Å². The first-order valence-electron chi connectivity index (χ1n) is 8.78. The van der Waals surface area contributed by atoms with E-state index < -0.39 is 17.4 Å². The first-order chi connectivity index (χ1) is 12.9. The van der Waals surface area contributed by atoms with E-state index in [1.165, 1.54) is 18.2 Å². The minimum atomic E-state index is -0.617. The fraction of sp³-hybridized carbons (Fsp3) is 0.381. The van der Waals surface area contributed by atoms with Crippen LogP contribution in [0.15, 0.2) is 36.4 Å². The molecule has 0 aliphatic carbocycles. The topological polar surface area (TPSA) is 51.5 Å². The van der Waals surface area contributed by atoms with Gasteiger partial charge in [-0.1, -0.05) is 18.2 Å². The summed E-state index contributed by atoms with van der Waals surface area (Å²) < 4.78 is 44.8. The zero-order valence-corrected chi connectivity index (χ0v) is 15.3. The highest BCUT2D eigenvalue weighted by molar-refractivity contribution is 5.50. The molecule has 0 radical (unpaired) electrons. The molecule has 27 heavy (non-hydrogen) atoms. The zero-order chi connectivity index (χ0) is 19.4. The highest BCUT2D eigenvalue weighted by atomic mass is 19.1. The SMILES string of the molecule is CC1(C)OC[C@@H](CCOc2cc(F)cc(Cc3ccccc3F)c2C#N)O1. The molecule has 1 heterocycles. The Hall–Kier alpha value is -2.49. The van der Waals surface area contributed by atoms with Gasteiger partial charge in [0.25, 0.3) is 0 Å². The number of halogens is 2. The molecule has 1 aliphatic heterocycles. The molecule has 142 valence electrons. The third-order valence-corrected chi connectivity index (χ3v) is 4.36. The molecule has 1 atom stereocenters. The number of ether oxygens (including phenoxy) is 3. The van der Waals surface area contributed by atoms with Gasteiger partial charge >= 0.3 is 0 Å². The number of rotatable bonds is 6. The number of nitriles is 1. The molecule has 0 N–H and O–H groups in total. The van der Waals surface area contributed by atoms with Crippen molar-refractivity contribution in [3.05, 3.63) is 64.7 Å². The van der Waals surface area contributed by atoms with Crippen molar-refractivity contribution in [1.82, 2.24) is 0 Å². The summed E-state index contributed by atoms with van der Waals surface area (Å²) in [6.07, 6.45) is 0.544. The molecule has 6 heteroatoms. The Bertz CT molecular complexity index is 861. The summed E-state index contributed by atoms with van der Waals surface area (Å²) in [4.78, 5) is 0. The molecular formula is C21H21F2NO3. The highest BCUT2D eigenvalue weighted by Gasteiger charge is 2.32. The average molecular weight is 373 g/mol. The Balaban J connectivity index is 1.73. The van der Waals surface area contributed by atoms with Gasteiger partial charge in [-0.2, -0.15) is 5.26 Å². The van der Waals surface area contributed by atoms with Crippen LogP contribution in [0.2, 0.25) is 0 Å². The number of nitrogens with zero attached hydrogens (tertiary/aromatic N) is 1. The van der Waals surface area contributed by atoms with E-state index in [0.717, 1.165) is 0 Å². The summed E-state index contributed by atoms with van der Waals surface area (Å²) in [6, 6.07) is 10.7. The van der Waals surface area contributed by atoms with E-state index in [4.69, 9.17) is 14.2 Å². The van der Waals surface area contributed by atoms with Crippen LogP contribution >= 0.6 is 0 Å². The van der Waals surface area contributed by atoms with Gasteiger partial charge in [0.2, 0.25) is 0 Å². The predicted octanol–water partition coefficient (Wildman–Crippen LogP) is 4.35. The van der Waals surface area contributed by atoms with E-state index in [1.807, 2.05) is 13.8 Å². The van der Waals surface area contributed by atoms with Crippen LogP contribution < -0.4 is 4.74 Å². The monoisotopic (exact) mass is 373 g/mol. The molecule has 4 nitrogen and oxygen atoms in total. The third-order valence-electron chi connectivity index (χ3n) is 4.36. The van der Waals surface area contributed by atoms with Gasteiger partial charge in [0.1, 0.15) is 23.5 Å². The third kappa shape index (κ3) is 4.82. The summed E-state index contributed by atoms with van der Waals surface area (Å²) >= 11 is 0. The smallest absolute Gasteiger partial charge is 0.163 e. The van der Waals surface area contributed by atoms with Crippen molar-refractivity contribution in [2.45, 2.75) is 38.6 Å². The van der Waals surface area contributed by atoms with E-state index in [-0.39, 0.29) is 30.4 Å². The van der Waals surface area contributed by atoms with E-state index in [2.05, 4.69) is 6.07 Å². The van der Waals surface area contributed by atoms with Crippen molar-refractivity contribution in [2.75, 3.05) is 13.2 Å². The van der Waals surface area contributed by atoms with Crippen molar-refractivity contribution < 1.29 is 23.0 Å². The molecule has 3 rings (SSSR count). The molecule has 0 unspecified atom stereocenters. The molecule has 0 amide bonds. The lowest BCUT2D eigenvalue weighted by atomic mass is 9.99. The number of benzene rings is 2. The summed E-state index contributed by atoms with van der Waals surface area (Å²) in [5.74, 6) is -1.39. The molecule has 1 saturated heterocycles. The Labute approximate surface area is 157 Å². The van der Waals surface area contributed by atoms with Crippen LogP contribution in [-0.4, -0.2) is 25.1 Å². The molecule has 0 aromatic heterocycles. The second-order valence-corrected chi connectivity index (χ2v) is 6.91. The minimum Gasteiger partial charge on any atom is -0.492 e. The molecule has 0 saturated carbocycles. The van der Waals surface area contributed by atoms with Gasteiger partial charge in [-0.25, -0.2) is 8.78 Å². The van der Waals surface area contributed by atoms with Gasteiger partial charge in [0.05, 0.1) is 24.9 Å². The number of hydrogen-bond donors (Lipinski definition) is 0. The lowest BCUT2D eigenvalue weighted by Crippen LogP contribution is -2.22. The van der Waals surface area contributed by atoms with Crippen LogP contribution in [0.3, 0.4) is 0 Å². The highest BCUT2D eigenvalue weighted by Crippen LogP contribution is 2.28. The fourth-order valence-electron chi connectivity index (χ4n) is 3.07. The van der Waals surface area contributed by atoms with Gasteiger partial charge in [-0.3, -0.25) is 0 Å². The summed E-state index contributed by atoms with van der Waals surface area (Å²) in [5.41, 5.74) is 0.993. The lowest BCUT2D eigenvalue weighted by Gasteiger charge is -2.17. The van der Waals surface area contributed by atoms with Crippen LogP contribution in [0.5, 0.6) is 5.75 Å². The first kappa shape index (κ1) is 19.3. The molecule has 2 aromatic rings. The minimum absolute atomic E-state index is 0.109. The normalized spacial score (nSPS) is 18.3. The molecule has 2 aromatic carbocycles. The summed E-state index contributed by atoms with van der Waals surface area (Å²) in [5, 5.41) is 9.53. The largest absolute Gasteiger partial charge is 0.492 e. The number of hydrogen-bond acceptors (Lipinski definition) is 4. The van der Waals surface area contributed by atoms with Gasteiger partial charge < -0.3 is 14.2 Å². The first-order valence-corrected chi connectivity index (χ1v) is 8.78. The van der Waals surface area contributed by atoms with E-state index in [1.54, 1.807) is 18.2 Å². The van der Waals surface area contributed by atoms with E-state index in [0.29, 0.717) is 24.2 Å². The second-order valence-electron chi connectivity index (χ2n) is 6.91. The van der Waals surface area contributed by atoms with Crippen LogP contribution in [0.25, 0.3) is 0 Å². The second kappa shape index (κ2) is 8.03. The standard InChI is InChI=1S/C21H21F2NO3/c1-21(2)26-13-17(27-21)7-8-25-20-11-16(22)10-15(18(20)12-24)9-14-5-3-4-6-19(14)23/h3-6,10-11,17H,7-9,13H2,1-2H3/t17-/m1/s1. The maximum Gasteiger partial charge on any atom is 0.163 e. The van der Waals surface area contributed by atoms with E-state index in [9.17, 15) is 14.0 Å². The molecule has 1 aliphatic rings. The van der Waals surface area contributed by atoms with Crippen LogP contribution in [0, 0.1) is 23.0 Å². The quantitative estimate of drug-likeness (QED) is 0.756. The molecule has 0 spiro atoms. The summed E-state index contributed by atoms with van der Waals surface area (Å²) in [6.45, 7) is 4.39. The van der Waals surface area contributed by atoms with Crippen molar-refractivity contribution >= 4 is 0 Å². The molecule has 1 fully saturated rings. The van der Waals surface area contributed by atoms with Crippen molar-refractivity contribution in [1.29, 1.82) is 5.26 Å². The zero-order valence-electron chi connectivity index (χ0n) is 15.3. The Morgan fingerprint density at radius 3 is 2.67 bits per heavy atom. The molecule has 0 bridgehead atoms. The van der Waals surface area contributed by atoms with Crippen LogP contribution in [0.4, 0.5) is 8.78 Å². The maximum absolute atomic E-state index is 14.0. The van der Waals surface area contributed by atoms with Gasteiger partial charge in [0, 0.05) is 18.9 Å². The maximum atomic E-state index is 14.0. The van der Waals surface area contributed by atoms with Crippen molar-refractivity contribution in [3.63, 3.8) is 0 Å². The Morgan fingerprint density at radius 1 is 1.22 bits per heavy atom. The lowest BCUT2D eigenvalue weighted by molar-refractivity contribution is -0.139. The van der Waals surface area contributed by atoms with Crippen molar-refractivity contribution in [2.24, 2.45) is 0 Å². The van der Waals surface area contributed by atoms with Gasteiger partial charge in [0.15, 0.2) is 5.79 Å². The predicted molar refractivity (Wildman–Crippen MR) is 95.3 cm³/mol. The van der Waals surface area contributed by atoms with Crippen LogP contribution in [-0.2, 0) is 15.9 Å². The average Bonchev–Trinajstić information content (AvgIpc) is 2.96. The van der Waals surface area contributed by atoms with Crippen LogP contribution in [0.1, 0.15) is 37.0 Å². The summed E-state index contributed by atoms with van der Waals surface area (Å²) in [7, 11) is 0. The van der Waals surface area contributed by atoms with Crippen molar-refractivity contribution in [3.8, 4) is 11.8 Å². The Kier molecular flexibility index (Phi) is 5.73. The fourth-order valence-corrected chi connectivity index (χ4v) is 3.07. The van der Waals surface area contributed by atoms with Gasteiger partial charge in [-0.15, -0.1) is 0 Å². The molecular weight excluding hydrogens is 352 g/mol. The van der Waals surface area contributed by atoms with E-state index >= 15 is 0 Å².